The summed E-state index contributed by atoms with van der Waals surface area (Å²) >= 11 is 0. The predicted octanol–water partition coefficient (Wildman–Crippen LogP) is 2.35. The lowest BCUT2D eigenvalue weighted by Gasteiger charge is -2.24. The van der Waals surface area contributed by atoms with E-state index < -0.39 is 0 Å². The first-order valence-corrected chi connectivity index (χ1v) is 7.88. The standard InChI is InChI=1S/C15H25N3O/c19-11-13-7-9-15-17-16-14(18(15)10-13)8-6-12-4-2-1-3-5-12/h12-13,19H,1-11H2. The van der Waals surface area contributed by atoms with Crippen LogP contribution in [-0.2, 0) is 19.4 Å². The molecule has 1 fully saturated rings. The molecule has 1 aromatic heterocycles. The molecule has 1 aliphatic carbocycles. The molecule has 1 aliphatic heterocycles. The van der Waals surface area contributed by atoms with Crippen molar-refractivity contribution in [1.82, 2.24) is 14.8 Å². The molecule has 0 saturated heterocycles. The summed E-state index contributed by atoms with van der Waals surface area (Å²) in [6, 6.07) is 0. The predicted molar refractivity (Wildman–Crippen MR) is 73.8 cm³/mol. The van der Waals surface area contributed by atoms with Crippen molar-refractivity contribution < 1.29 is 5.11 Å². The van der Waals surface area contributed by atoms with Crippen molar-refractivity contribution in [2.24, 2.45) is 11.8 Å². The average molecular weight is 263 g/mol. The van der Waals surface area contributed by atoms with E-state index in [1.54, 1.807) is 0 Å². The van der Waals surface area contributed by atoms with Crippen molar-refractivity contribution in [2.75, 3.05) is 6.61 Å². The maximum atomic E-state index is 9.32. The zero-order valence-electron chi connectivity index (χ0n) is 11.7. The Hall–Kier alpha value is -0.900. The molecule has 0 spiro atoms. The van der Waals surface area contributed by atoms with Crippen LogP contribution >= 0.6 is 0 Å². The van der Waals surface area contributed by atoms with Crippen LogP contribution < -0.4 is 0 Å². The van der Waals surface area contributed by atoms with Crippen LogP contribution in [0.15, 0.2) is 0 Å². The summed E-state index contributed by atoms with van der Waals surface area (Å²) in [4.78, 5) is 0. The Morgan fingerprint density at radius 3 is 2.68 bits per heavy atom. The molecule has 1 N–H and O–H groups in total. The van der Waals surface area contributed by atoms with Gasteiger partial charge in [0.2, 0.25) is 0 Å². The minimum absolute atomic E-state index is 0.291. The van der Waals surface area contributed by atoms with E-state index in [1.807, 2.05) is 0 Å². The van der Waals surface area contributed by atoms with Crippen molar-refractivity contribution in [3.63, 3.8) is 0 Å². The molecule has 1 aromatic rings. The lowest BCUT2D eigenvalue weighted by atomic mass is 9.86. The number of nitrogens with zero attached hydrogens (tertiary/aromatic N) is 3. The van der Waals surface area contributed by atoms with Crippen molar-refractivity contribution >= 4 is 0 Å². The third-order valence-electron chi connectivity index (χ3n) is 4.88. The van der Waals surface area contributed by atoms with Gasteiger partial charge in [0.05, 0.1) is 0 Å². The van der Waals surface area contributed by atoms with Gasteiger partial charge in [-0.2, -0.15) is 0 Å². The Labute approximate surface area is 115 Å². The fourth-order valence-corrected chi connectivity index (χ4v) is 3.59. The molecule has 19 heavy (non-hydrogen) atoms. The van der Waals surface area contributed by atoms with Crippen LogP contribution in [-0.4, -0.2) is 26.5 Å². The van der Waals surface area contributed by atoms with Crippen molar-refractivity contribution in [3.05, 3.63) is 11.6 Å². The van der Waals surface area contributed by atoms with Crippen LogP contribution in [0.2, 0.25) is 0 Å². The Bertz CT molecular complexity index is 410. The number of aliphatic hydroxyl groups excluding tert-OH is 1. The molecule has 3 rings (SSSR count). The highest BCUT2D eigenvalue weighted by Gasteiger charge is 2.23. The fraction of sp³-hybridized carbons (Fsp3) is 0.867. The summed E-state index contributed by atoms with van der Waals surface area (Å²) in [5.74, 6) is 3.58. The van der Waals surface area contributed by atoms with E-state index in [1.165, 1.54) is 38.5 Å². The molecular formula is C15H25N3O. The van der Waals surface area contributed by atoms with Gasteiger partial charge in [0.25, 0.3) is 0 Å². The molecule has 4 heteroatoms. The molecule has 106 valence electrons. The van der Waals surface area contributed by atoms with Gasteiger partial charge in [-0.25, -0.2) is 0 Å². The van der Waals surface area contributed by atoms with Gasteiger partial charge in [0, 0.05) is 31.9 Å². The maximum absolute atomic E-state index is 9.32. The van der Waals surface area contributed by atoms with Crippen molar-refractivity contribution in [2.45, 2.75) is 64.3 Å². The minimum atomic E-state index is 0.291. The Morgan fingerprint density at radius 2 is 1.89 bits per heavy atom. The van der Waals surface area contributed by atoms with Crippen LogP contribution in [0.5, 0.6) is 0 Å². The molecule has 1 unspecified atom stereocenters. The molecule has 1 atom stereocenters. The lowest BCUT2D eigenvalue weighted by molar-refractivity contribution is 0.189. The zero-order valence-corrected chi connectivity index (χ0v) is 11.7. The van der Waals surface area contributed by atoms with Gasteiger partial charge < -0.3 is 9.67 Å². The number of hydrogen-bond donors (Lipinski definition) is 1. The average Bonchev–Trinajstić information content (AvgIpc) is 2.88. The fourth-order valence-electron chi connectivity index (χ4n) is 3.59. The SMILES string of the molecule is OCC1CCc2nnc(CCC3CCCCC3)n2C1. The lowest BCUT2D eigenvalue weighted by Crippen LogP contribution is -2.24. The van der Waals surface area contributed by atoms with Gasteiger partial charge in [0.1, 0.15) is 11.6 Å². The van der Waals surface area contributed by atoms with E-state index in [0.29, 0.717) is 12.5 Å². The Balaban J connectivity index is 1.60. The van der Waals surface area contributed by atoms with Gasteiger partial charge in [-0.1, -0.05) is 32.1 Å². The molecule has 2 aliphatic rings. The highest BCUT2D eigenvalue weighted by molar-refractivity contribution is 5.00. The van der Waals surface area contributed by atoms with Gasteiger partial charge in [-0.3, -0.25) is 0 Å². The first kappa shape index (κ1) is 13.1. The molecule has 0 bridgehead atoms. The largest absolute Gasteiger partial charge is 0.396 e. The molecule has 1 saturated carbocycles. The minimum Gasteiger partial charge on any atom is -0.396 e. The number of aromatic nitrogens is 3. The maximum Gasteiger partial charge on any atom is 0.133 e. The Kier molecular flexibility index (Phi) is 4.16. The van der Waals surface area contributed by atoms with Crippen molar-refractivity contribution in [1.29, 1.82) is 0 Å². The summed E-state index contributed by atoms with van der Waals surface area (Å²) in [6.07, 6.45) is 11.4. The summed E-state index contributed by atoms with van der Waals surface area (Å²) in [7, 11) is 0. The van der Waals surface area contributed by atoms with Gasteiger partial charge in [-0.05, 0) is 18.8 Å². The molecule has 2 heterocycles. The van der Waals surface area contributed by atoms with Gasteiger partial charge in [-0.15, -0.1) is 10.2 Å². The number of rotatable bonds is 4. The number of aliphatic hydroxyl groups is 1. The molecule has 0 amide bonds. The van der Waals surface area contributed by atoms with Gasteiger partial charge in [0.15, 0.2) is 0 Å². The Morgan fingerprint density at radius 1 is 1.05 bits per heavy atom. The normalized spacial score (nSPS) is 24.4. The van der Waals surface area contributed by atoms with E-state index in [9.17, 15) is 5.11 Å². The quantitative estimate of drug-likeness (QED) is 0.907. The van der Waals surface area contributed by atoms with Crippen molar-refractivity contribution in [3.8, 4) is 0 Å². The van der Waals surface area contributed by atoms with Gasteiger partial charge >= 0.3 is 0 Å². The van der Waals surface area contributed by atoms with E-state index in [2.05, 4.69) is 14.8 Å². The smallest absolute Gasteiger partial charge is 0.133 e. The molecule has 0 aromatic carbocycles. The number of aryl methyl sites for hydroxylation is 2. The topological polar surface area (TPSA) is 50.9 Å². The highest BCUT2D eigenvalue weighted by atomic mass is 16.3. The number of hydrogen-bond acceptors (Lipinski definition) is 3. The first-order valence-electron chi connectivity index (χ1n) is 7.88. The van der Waals surface area contributed by atoms with E-state index in [0.717, 1.165) is 43.4 Å². The number of fused-ring (bicyclic) bond motifs is 1. The van der Waals surface area contributed by atoms with E-state index in [4.69, 9.17) is 0 Å². The third kappa shape index (κ3) is 2.99. The van der Waals surface area contributed by atoms with E-state index >= 15 is 0 Å². The second-order valence-corrected chi connectivity index (χ2v) is 6.27. The summed E-state index contributed by atoms with van der Waals surface area (Å²) in [5.41, 5.74) is 0. The van der Waals surface area contributed by atoms with Crippen LogP contribution in [0.25, 0.3) is 0 Å². The summed E-state index contributed by atoms with van der Waals surface area (Å²) < 4.78 is 2.27. The highest BCUT2D eigenvalue weighted by Crippen LogP contribution is 2.28. The third-order valence-corrected chi connectivity index (χ3v) is 4.88. The van der Waals surface area contributed by atoms with Crippen LogP contribution in [0.3, 0.4) is 0 Å². The van der Waals surface area contributed by atoms with E-state index in [-0.39, 0.29) is 0 Å². The van der Waals surface area contributed by atoms with Crippen LogP contribution in [0.4, 0.5) is 0 Å². The molecular weight excluding hydrogens is 238 g/mol. The monoisotopic (exact) mass is 263 g/mol. The van der Waals surface area contributed by atoms with Crippen LogP contribution in [0.1, 0.15) is 56.6 Å². The van der Waals surface area contributed by atoms with Crippen LogP contribution in [0, 0.1) is 11.8 Å². The second-order valence-electron chi connectivity index (χ2n) is 6.27. The second kappa shape index (κ2) is 6.04. The summed E-state index contributed by atoms with van der Waals surface area (Å²) in [6.45, 7) is 1.21. The first-order chi connectivity index (χ1) is 9.36. The summed E-state index contributed by atoms with van der Waals surface area (Å²) in [5, 5.41) is 18.0. The molecule has 4 nitrogen and oxygen atoms in total. The molecule has 0 radical (unpaired) electrons. The zero-order chi connectivity index (χ0) is 13.1.